The molecule has 0 atom stereocenters. The largest absolute Gasteiger partial charge is 0.368 e. The quantitative estimate of drug-likeness (QED) is 0.311. The smallest absolute Gasteiger partial charge is 0.232 e. The summed E-state index contributed by atoms with van der Waals surface area (Å²) in [7, 11) is 0. The molecule has 1 saturated carbocycles. The van der Waals surface area contributed by atoms with Crippen molar-refractivity contribution in [3.8, 4) is 0 Å². The predicted molar refractivity (Wildman–Crippen MR) is 179 cm³/mol. The van der Waals surface area contributed by atoms with Gasteiger partial charge in [-0.05, 0) is 55.6 Å². The maximum atomic E-state index is 5.86. The topological polar surface area (TPSA) is 59.6 Å². The van der Waals surface area contributed by atoms with Crippen LogP contribution in [0.25, 0.3) is 0 Å². The molecule has 6 rings (SSSR count). The molecule has 0 radical (unpaired) electrons. The van der Waals surface area contributed by atoms with Crippen LogP contribution in [-0.2, 0) is 5.41 Å². The Hall–Kier alpha value is -3.39. The molecule has 2 saturated heterocycles. The highest BCUT2D eigenvalue weighted by Gasteiger charge is 2.34. The number of aromatic nitrogens is 2. The fourth-order valence-corrected chi connectivity index (χ4v) is 7.08. The number of anilines is 4. The highest BCUT2D eigenvalue weighted by molar-refractivity contribution is 7.80. The molecular weight excluding hydrogens is 538 g/mol. The molecule has 0 unspecified atom stereocenters. The van der Waals surface area contributed by atoms with E-state index in [4.69, 9.17) is 22.2 Å². The van der Waals surface area contributed by atoms with Gasteiger partial charge in [-0.2, -0.15) is 9.97 Å². The maximum absolute atomic E-state index is 5.86. The van der Waals surface area contributed by atoms with Crippen LogP contribution in [0.5, 0.6) is 0 Å². The van der Waals surface area contributed by atoms with Crippen molar-refractivity contribution in [1.82, 2.24) is 15.3 Å². The van der Waals surface area contributed by atoms with Crippen LogP contribution in [0, 0.1) is 0 Å². The molecule has 3 aliphatic rings. The lowest BCUT2D eigenvalue weighted by molar-refractivity contribution is 0.292. The molecule has 0 bridgehead atoms. The number of nitrogens with zero attached hydrogens (tertiary/aromatic N) is 5. The summed E-state index contributed by atoms with van der Waals surface area (Å²) in [5, 5.41) is 7.57. The van der Waals surface area contributed by atoms with Crippen LogP contribution in [0.1, 0.15) is 63.4 Å². The van der Waals surface area contributed by atoms with Crippen molar-refractivity contribution in [2.24, 2.45) is 0 Å². The Morgan fingerprint density at radius 1 is 0.667 bits per heavy atom. The Morgan fingerprint density at radius 2 is 1.21 bits per heavy atom. The van der Waals surface area contributed by atoms with Gasteiger partial charge in [-0.1, -0.05) is 80.6 Å². The van der Waals surface area contributed by atoms with E-state index >= 15 is 0 Å². The van der Waals surface area contributed by atoms with Crippen molar-refractivity contribution in [3.05, 3.63) is 72.3 Å². The molecule has 2 aliphatic heterocycles. The summed E-state index contributed by atoms with van der Waals surface area (Å²) in [5.74, 6) is 2.58. The summed E-state index contributed by atoms with van der Waals surface area (Å²) < 4.78 is 0. The van der Waals surface area contributed by atoms with E-state index in [0.29, 0.717) is 11.1 Å². The number of hydrogen-bond donors (Lipinski definition) is 2. The summed E-state index contributed by atoms with van der Waals surface area (Å²) in [5.41, 5.74) is 2.82. The number of nitrogens with one attached hydrogen (secondary N) is 2. The molecule has 0 spiro atoms. The lowest BCUT2D eigenvalue weighted by Gasteiger charge is -2.38. The Labute approximate surface area is 256 Å². The van der Waals surface area contributed by atoms with Crippen LogP contribution in [0.2, 0.25) is 0 Å². The Balaban J connectivity index is 1.17. The SMILES string of the molecule is S=C(NCC1(c2ccccc2)CCCCC1)Nc1nc(N2CCCCCC2)cc(N2CCN(c3ccccc3)CC2)n1. The molecule has 8 heteroatoms. The second kappa shape index (κ2) is 13.7. The number of rotatable bonds is 7. The molecule has 3 aromatic rings. The van der Waals surface area contributed by atoms with Gasteiger partial charge < -0.3 is 25.3 Å². The summed E-state index contributed by atoms with van der Waals surface area (Å²) in [4.78, 5) is 17.3. The van der Waals surface area contributed by atoms with Gasteiger partial charge >= 0.3 is 0 Å². The number of hydrogen-bond acceptors (Lipinski definition) is 6. The summed E-state index contributed by atoms with van der Waals surface area (Å²) >= 11 is 5.86. The molecule has 7 nitrogen and oxygen atoms in total. The second-order valence-corrected chi connectivity index (χ2v) is 12.5. The number of benzene rings is 2. The Morgan fingerprint density at radius 3 is 1.86 bits per heavy atom. The first-order valence-corrected chi connectivity index (χ1v) is 16.4. The van der Waals surface area contributed by atoms with Gasteiger partial charge in [0, 0.05) is 63.0 Å². The monoisotopic (exact) mass is 583 g/mol. The van der Waals surface area contributed by atoms with Crippen LogP contribution >= 0.6 is 12.2 Å². The Kier molecular flexibility index (Phi) is 9.38. The number of para-hydroxylation sites is 1. The van der Waals surface area contributed by atoms with Gasteiger partial charge in [-0.15, -0.1) is 0 Å². The minimum absolute atomic E-state index is 0.115. The highest BCUT2D eigenvalue weighted by Crippen LogP contribution is 2.39. The molecule has 42 heavy (non-hydrogen) atoms. The van der Waals surface area contributed by atoms with E-state index in [1.807, 2.05) is 0 Å². The minimum atomic E-state index is 0.115. The third kappa shape index (κ3) is 6.97. The Bertz CT molecular complexity index is 1280. The van der Waals surface area contributed by atoms with Crippen LogP contribution < -0.4 is 25.3 Å². The molecular formula is C34H45N7S. The van der Waals surface area contributed by atoms with Crippen molar-refractivity contribution < 1.29 is 0 Å². The van der Waals surface area contributed by atoms with Crippen LogP contribution in [0.3, 0.4) is 0 Å². The van der Waals surface area contributed by atoms with Crippen molar-refractivity contribution >= 4 is 40.6 Å². The summed E-state index contributed by atoms with van der Waals surface area (Å²) in [6, 6.07) is 23.9. The molecule has 2 N–H and O–H groups in total. The van der Waals surface area contributed by atoms with E-state index < -0.39 is 0 Å². The zero-order valence-corrected chi connectivity index (χ0v) is 25.6. The molecule has 1 aromatic heterocycles. The van der Waals surface area contributed by atoms with Gasteiger partial charge in [0.15, 0.2) is 5.11 Å². The van der Waals surface area contributed by atoms with E-state index in [2.05, 4.69) is 92.1 Å². The molecule has 222 valence electrons. The van der Waals surface area contributed by atoms with Gasteiger partial charge in [0.1, 0.15) is 11.6 Å². The van der Waals surface area contributed by atoms with Crippen LogP contribution in [-0.4, -0.2) is 60.9 Å². The molecule has 0 amide bonds. The molecule has 2 aromatic carbocycles. The zero-order valence-electron chi connectivity index (χ0n) is 24.8. The van der Waals surface area contributed by atoms with Gasteiger partial charge in [-0.3, -0.25) is 0 Å². The normalized spacial score (nSPS) is 19.2. The van der Waals surface area contributed by atoms with Crippen LogP contribution in [0.15, 0.2) is 66.7 Å². The maximum Gasteiger partial charge on any atom is 0.232 e. The standard InChI is InChI=1S/C34H45N7S/c42-33(35-27-34(18-10-5-11-19-34)28-14-6-3-7-15-28)38-32-36-30(40-20-12-1-2-13-21-40)26-31(37-32)41-24-22-39(23-25-41)29-16-8-4-9-17-29/h3-4,6-9,14-17,26H,1-2,5,10-13,18-25,27H2,(H2,35,36,37,38,42). The summed E-state index contributed by atoms with van der Waals surface area (Å²) in [6.45, 7) is 6.69. The molecule has 3 heterocycles. The van der Waals surface area contributed by atoms with E-state index in [0.717, 1.165) is 57.4 Å². The average molecular weight is 584 g/mol. The van der Waals surface area contributed by atoms with Crippen molar-refractivity contribution in [1.29, 1.82) is 0 Å². The number of piperazine rings is 1. The fourth-order valence-electron chi connectivity index (χ4n) is 6.92. The lowest BCUT2D eigenvalue weighted by Crippen LogP contribution is -2.47. The second-order valence-electron chi connectivity index (χ2n) is 12.1. The highest BCUT2D eigenvalue weighted by atomic mass is 32.1. The van der Waals surface area contributed by atoms with Crippen molar-refractivity contribution in [3.63, 3.8) is 0 Å². The number of thiocarbonyl (C=S) groups is 1. The predicted octanol–water partition coefficient (Wildman–Crippen LogP) is 6.37. The van der Waals surface area contributed by atoms with E-state index in [9.17, 15) is 0 Å². The van der Waals surface area contributed by atoms with Gasteiger partial charge in [0.25, 0.3) is 0 Å². The minimum Gasteiger partial charge on any atom is -0.368 e. The third-order valence-corrected chi connectivity index (χ3v) is 9.61. The zero-order chi connectivity index (χ0) is 28.6. The van der Waals surface area contributed by atoms with Gasteiger partial charge in [0.2, 0.25) is 5.95 Å². The average Bonchev–Trinajstić information content (AvgIpc) is 3.35. The molecule has 3 fully saturated rings. The van der Waals surface area contributed by atoms with E-state index in [1.54, 1.807) is 0 Å². The lowest BCUT2D eigenvalue weighted by atomic mass is 9.69. The first-order chi connectivity index (χ1) is 20.7. The first kappa shape index (κ1) is 28.7. The summed E-state index contributed by atoms with van der Waals surface area (Å²) in [6.07, 6.45) is 11.2. The fraction of sp³-hybridized carbons (Fsp3) is 0.500. The van der Waals surface area contributed by atoms with E-state index in [1.165, 1.54) is 69.0 Å². The van der Waals surface area contributed by atoms with E-state index in [-0.39, 0.29) is 5.41 Å². The molecule has 1 aliphatic carbocycles. The first-order valence-electron chi connectivity index (χ1n) is 16.0. The van der Waals surface area contributed by atoms with Gasteiger partial charge in [0.05, 0.1) is 0 Å². The van der Waals surface area contributed by atoms with Gasteiger partial charge in [-0.25, -0.2) is 0 Å². The van der Waals surface area contributed by atoms with Crippen LogP contribution in [0.4, 0.5) is 23.3 Å². The van der Waals surface area contributed by atoms with Crippen molar-refractivity contribution in [2.75, 3.05) is 65.8 Å². The third-order valence-electron chi connectivity index (χ3n) is 9.36. The van der Waals surface area contributed by atoms with Crippen molar-refractivity contribution in [2.45, 2.75) is 63.2 Å².